The number of carbonyl (C=O) groups excluding carboxylic acids is 1. The van der Waals surface area contributed by atoms with Crippen LogP contribution in [0.3, 0.4) is 0 Å². The number of halogens is 4. The lowest BCUT2D eigenvalue weighted by molar-refractivity contribution is -0.274. The van der Waals surface area contributed by atoms with Crippen LogP contribution in [-0.4, -0.2) is 12.6 Å². The molecule has 0 N–H and O–H groups in total. The summed E-state index contributed by atoms with van der Waals surface area (Å²) in [5.41, 5.74) is 0.532. The summed E-state index contributed by atoms with van der Waals surface area (Å²) < 4.78 is 39.1. The van der Waals surface area contributed by atoms with Gasteiger partial charge in [-0.05, 0) is 17.7 Å². The Morgan fingerprint density at radius 1 is 1.40 bits per heavy atom. The van der Waals surface area contributed by atoms with E-state index in [-0.39, 0.29) is 11.4 Å². The Bertz CT molecular complexity index is 363. The minimum absolute atomic E-state index is 0.103. The van der Waals surface area contributed by atoms with Crippen LogP contribution in [0.25, 0.3) is 0 Å². The van der Waals surface area contributed by atoms with Crippen LogP contribution in [0, 0.1) is 0 Å². The summed E-state index contributed by atoms with van der Waals surface area (Å²) in [5, 5.41) is -0.174. The van der Waals surface area contributed by atoms with Crippen LogP contribution in [0.5, 0.6) is 5.75 Å². The highest BCUT2D eigenvalue weighted by Crippen LogP contribution is 2.30. The quantitative estimate of drug-likeness (QED) is 0.757. The van der Waals surface area contributed by atoms with E-state index in [1.54, 1.807) is 0 Å². The number of hydrogen-bond donors (Lipinski definition) is 0. The minimum atomic E-state index is -4.77. The first-order valence-corrected chi connectivity index (χ1v) is 4.28. The average molecular weight is 239 g/mol. The van der Waals surface area contributed by atoms with Gasteiger partial charge in [-0.1, -0.05) is 17.7 Å². The lowest BCUT2D eigenvalue weighted by Crippen LogP contribution is -2.17. The molecule has 0 aliphatic rings. The van der Waals surface area contributed by atoms with Gasteiger partial charge in [0.25, 0.3) is 0 Å². The molecule has 6 heteroatoms. The van der Waals surface area contributed by atoms with Crippen LogP contribution < -0.4 is 4.74 Å². The van der Waals surface area contributed by atoms with Crippen molar-refractivity contribution in [3.05, 3.63) is 28.8 Å². The van der Waals surface area contributed by atoms with Crippen molar-refractivity contribution in [2.75, 3.05) is 0 Å². The van der Waals surface area contributed by atoms with Crippen molar-refractivity contribution >= 4 is 17.9 Å². The van der Waals surface area contributed by atoms with Crippen molar-refractivity contribution < 1.29 is 22.7 Å². The number of rotatable bonds is 3. The van der Waals surface area contributed by atoms with Crippen molar-refractivity contribution in [1.82, 2.24) is 0 Å². The van der Waals surface area contributed by atoms with Crippen molar-refractivity contribution in [2.45, 2.75) is 12.8 Å². The highest BCUT2D eigenvalue weighted by molar-refractivity contribution is 6.32. The Morgan fingerprint density at radius 2 is 2.07 bits per heavy atom. The zero-order chi connectivity index (χ0) is 11.5. The van der Waals surface area contributed by atoms with Gasteiger partial charge < -0.3 is 9.53 Å². The van der Waals surface area contributed by atoms with E-state index in [1.165, 1.54) is 12.1 Å². The Kier molecular flexibility index (Phi) is 3.57. The fourth-order valence-corrected chi connectivity index (χ4v) is 1.22. The van der Waals surface area contributed by atoms with Gasteiger partial charge in [0.2, 0.25) is 0 Å². The maximum Gasteiger partial charge on any atom is 0.573 e. The maximum atomic E-state index is 11.8. The molecule has 82 valence electrons. The molecule has 0 saturated carbocycles. The standard InChI is InChI=1S/C9H6ClF3O2/c10-7-5-6(3-4-14)1-2-8(7)15-9(11,12)13/h1-2,4-5H,3H2. The van der Waals surface area contributed by atoms with Crippen LogP contribution in [-0.2, 0) is 11.2 Å². The van der Waals surface area contributed by atoms with Crippen LogP contribution in [0.15, 0.2) is 18.2 Å². The minimum Gasteiger partial charge on any atom is -0.404 e. The number of hydrogen-bond acceptors (Lipinski definition) is 2. The lowest BCUT2D eigenvalue weighted by atomic mass is 10.2. The van der Waals surface area contributed by atoms with Gasteiger partial charge >= 0.3 is 6.36 Å². The zero-order valence-corrected chi connectivity index (χ0v) is 8.10. The molecular formula is C9H6ClF3O2. The van der Waals surface area contributed by atoms with Crippen molar-refractivity contribution in [3.8, 4) is 5.75 Å². The normalized spacial score (nSPS) is 11.2. The van der Waals surface area contributed by atoms with E-state index >= 15 is 0 Å². The van der Waals surface area contributed by atoms with Gasteiger partial charge in [-0.25, -0.2) is 0 Å². The van der Waals surface area contributed by atoms with Crippen molar-refractivity contribution in [2.24, 2.45) is 0 Å². The van der Waals surface area contributed by atoms with Gasteiger partial charge in [-0.3, -0.25) is 0 Å². The van der Waals surface area contributed by atoms with E-state index in [2.05, 4.69) is 4.74 Å². The van der Waals surface area contributed by atoms with Crippen LogP contribution in [0.2, 0.25) is 5.02 Å². The Labute approximate surface area is 88.6 Å². The molecule has 0 aliphatic carbocycles. The highest BCUT2D eigenvalue weighted by atomic mass is 35.5. The monoisotopic (exact) mass is 238 g/mol. The van der Waals surface area contributed by atoms with Gasteiger partial charge in [-0.15, -0.1) is 13.2 Å². The first-order valence-electron chi connectivity index (χ1n) is 3.90. The van der Waals surface area contributed by atoms with Crippen LogP contribution in [0.4, 0.5) is 13.2 Å². The molecule has 0 unspecified atom stereocenters. The third-order valence-electron chi connectivity index (χ3n) is 1.54. The number of aldehydes is 1. The topological polar surface area (TPSA) is 26.3 Å². The second-order valence-electron chi connectivity index (χ2n) is 2.68. The molecule has 1 rings (SSSR count). The van der Waals surface area contributed by atoms with Gasteiger partial charge in [-0.2, -0.15) is 0 Å². The van der Waals surface area contributed by atoms with E-state index in [4.69, 9.17) is 11.6 Å². The van der Waals surface area contributed by atoms with E-state index in [9.17, 15) is 18.0 Å². The Morgan fingerprint density at radius 3 is 2.53 bits per heavy atom. The SMILES string of the molecule is O=CCc1ccc(OC(F)(F)F)c(Cl)c1. The summed E-state index contributed by atoms with van der Waals surface area (Å²) in [7, 11) is 0. The molecule has 0 spiro atoms. The molecule has 0 saturated heterocycles. The first kappa shape index (κ1) is 11.8. The molecule has 0 fully saturated rings. The Balaban J connectivity index is 2.88. The molecule has 0 atom stereocenters. The molecular weight excluding hydrogens is 233 g/mol. The molecule has 0 radical (unpaired) electrons. The summed E-state index contributed by atoms with van der Waals surface area (Å²) in [6, 6.07) is 3.69. The summed E-state index contributed by atoms with van der Waals surface area (Å²) in [6.45, 7) is 0. The Hall–Kier alpha value is -1.23. The third-order valence-corrected chi connectivity index (χ3v) is 1.84. The largest absolute Gasteiger partial charge is 0.573 e. The smallest absolute Gasteiger partial charge is 0.404 e. The second kappa shape index (κ2) is 4.53. The average Bonchev–Trinajstić information content (AvgIpc) is 2.08. The fraction of sp³-hybridized carbons (Fsp3) is 0.222. The van der Waals surface area contributed by atoms with Gasteiger partial charge in [0, 0.05) is 6.42 Å². The van der Waals surface area contributed by atoms with Gasteiger partial charge in [0.05, 0.1) is 5.02 Å². The predicted molar refractivity (Wildman–Crippen MR) is 47.9 cm³/mol. The summed E-state index contributed by atoms with van der Waals surface area (Å²) >= 11 is 5.53. The number of benzene rings is 1. The van der Waals surface area contributed by atoms with Crippen molar-refractivity contribution in [1.29, 1.82) is 0 Å². The lowest BCUT2D eigenvalue weighted by Gasteiger charge is -2.10. The number of ether oxygens (including phenoxy) is 1. The molecule has 0 bridgehead atoms. The summed E-state index contributed by atoms with van der Waals surface area (Å²) in [4.78, 5) is 10.1. The molecule has 0 aliphatic heterocycles. The maximum absolute atomic E-state index is 11.8. The molecule has 2 nitrogen and oxygen atoms in total. The van der Waals surface area contributed by atoms with Gasteiger partial charge in [0.15, 0.2) is 0 Å². The molecule has 1 aromatic carbocycles. The van der Waals surface area contributed by atoms with E-state index in [0.29, 0.717) is 11.8 Å². The van der Waals surface area contributed by atoms with Crippen LogP contribution in [0.1, 0.15) is 5.56 Å². The van der Waals surface area contributed by atoms with Crippen molar-refractivity contribution in [3.63, 3.8) is 0 Å². The molecule has 15 heavy (non-hydrogen) atoms. The molecule has 0 aromatic heterocycles. The van der Waals surface area contributed by atoms with E-state index in [1.807, 2.05) is 0 Å². The third kappa shape index (κ3) is 3.79. The van der Waals surface area contributed by atoms with E-state index < -0.39 is 12.1 Å². The second-order valence-corrected chi connectivity index (χ2v) is 3.09. The van der Waals surface area contributed by atoms with Gasteiger partial charge in [0.1, 0.15) is 12.0 Å². The molecule has 0 amide bonds. The number of alkyl halides is 3. The predicted octanol–water partition coefficient (Wildman–Crippen LogP) is 2.98. The fourth-order valence-electron chi connectivity index (χ4n) is 0.975. The first-order chi connectivity index (χ1) is 6.92. The van der Waals surface area contributed by atoms with E-state index in [0.717, 1.165) is 6.07 Å². The highest BCUT2D eigenvalue weighted by Gasteiger charge is 2.31. The summed E-state index contributed by atoms with van der Waals surface area (Å²) in [6.07, 6.45) is -4.03. The molecule has 0 heterocycles. The number of carbonyl (C=O) groups is 1. The molecule has 1 aromatic rings. The van der Waals surface area contributed by atoms with Crippen LogP contribution >= 0.6 is 11.6 Å². The summed E-state index contributed by atoms with van der Waals surface area (Å²) in [5.74, 6) is -0.473. The zero-order valence-electron chi connectivity index (χ0n) is 7.34.